The van der Waals surface area contributed by atoms with Gasteiger partial charge in [-0.15, -0.1) is 4.91 Å². The van der Waals surface area contributed by atoms with Gasteiger partial charge in [0.15, 0.2) is 0 Å². The number of nitrogens with two attached hydrogens (primary N) is 1. The summed E-state index contributed by atoms with van der Waals surface area (Å²) in [4.78, 5) is 13.9. The fraction of sp³-hybridized carbons (Fsp3) is 0.222. The molecule has 0 saturated heterocycles. The highest BCUT2D eigenvalue weighted by Crippen LogP contribution is 2.20. The lowest BCUT2D eigenvalue weighted by Gasteiger charge is -2.10. The monoisotopic (exact) mass is 211 g/mol. The predicted molar refractivity (Wildman–Crippen MR) is 55.7 cm³/mol. The van der Waals surface area contributed by atoms with Gasteiger partial charge in [0, 0.05) is 17.8 Å². The van der Waals surface area contributed by atoms with Crippen molar-refractivity contribution in [2.75, 3.05) is 0 Å². The molecule has 0 aliphatic carbocycles. The summed E-state index contributed by atoms with van der Waals surface area (Å²) in [6.07, 6.45) is 2.72. The van der Waals surface area contributed by atoms with E-state index in [1.165, 1.54) is 0 Å². The van der Waals surface area contributed by atoms with Crippen LogP contribution in [0.25, 0.3) is 0 Å². The lowest BCUT2D eigenvalue weighted by Crippen LogP contribution is -2.06. The molecular weight excluding hydrogens is 202 g/mol. The van der Waals surface area contributed by atoms with Crippen molar-refractivity contribution in [2.24, 2.45) is 10.9 Å². The normalized spacial score (nSPS) is 13.7. The van der Waals surface area contributed by atoms with Crippen LogP contribution in [0, 0.1) is 4.91 Å². The van der Waals surface area contributed by atoms with Gasteiger partial charge in [0.25, 0.3) is 0 Å². The first-order chi connectivity index (χ1) is 6.65. The second-order valence-electron chi connectivity index (χ2n) is 2.87. The molecule has 0 aliphatic heterocycles. The number of hydrogen-bond donors (Lipinski definition) is 1. The lowest BCUT2D eigenvalue weighted by atomic mass is 10.0. The van der Waals surface area contributed by atoms with Crippen LogP contribution in [0.2, 0.25) is 5.15 Å². The summed E-state index contributed by atoms with van der Waals surface area (Å²) in [5.41, 5.74) is 6.91. The number of pyridine rings is 1. The third kappa shape index (κ3) is 2.53. The quantitative estimate of drug-likeness (QED) is 0.617. The molecule has 0 spiro atoms. The Bertz CT molecular complexity index is 348. The Kier molecular flexibility index (Phi) is 3.59. The van der Waals surface area contributed by atoms with Crippen molar-refractivity contribution in [1.82, 2.24) is 4.98 Å². The molecule has 0 bridgehead atoms. The van der Waals surface area contributed by atoms with E-state index in [0.29, 0.717) is 10.9 Å². The average Bonchev–Trinajstić information content (AvgIpc) is 2.18. The summed E-state index contributed by atoms with van der Waals surface area (Å²) in [7, 11) is 0. The Hall–Kier alpha value is -1.42. The van der Waals surface area contributed by atoms with Crippen molar-refractivity contribution in [3.05, 3.63) is 45.9 Å². The summed E-state index contributed by atoms with van der Waals surface area (Å²) in [5.74, 6) is -0.0857. The molecule has 1 aromatic rings. The summed E-state index contributed by atoms with van der Waals surface area (Å²) in [6, 6.07) is 3.49. The predicted octanol–water partition coefficient (Wildman–Crippen LogP) is 2.41. The second-order valence-corrected chi connectivity index (χ2v) is 3.26. The molecule has 1 aromatic heterocycles. The number of aromatic nitrogens is 1. The Morgan fingerprint density at radius 3 is 2.93 bits per heavy atom. The molecule has 1 unspecified atom stereocenters. The summed E-state index contributed by atoms with van der Waals surface area (Å²) >= 11 is 5.63. The second kappa shape index (κ2) is 4.72. The van der Waals surface area contributed by atoms with Gasteiger partial charge in [-0.25, -0.2) is 4.98 Å². The molecule has 1 rings (SSSR count). The molecule has 0 radical (unpaired) electrons. The van der Waals surface area contributed by atoms with E-state index in [4.69, 9.17) is 17.3 Å². The molecule has 0 saturated carbocycles. The van der Waals surface area contributed by atoms with Crippen LogP contribution >= 0.6 is 11.6 Å². The van der Waals surface area contributed by atoms with Crippen LogP contribution < -0.4 is 5.73 Å². The van der Waals surface area contributed by atoms with Gasteiger partial charge < -0.3 is 5.73 Å². The zero-order valence-corrected chi connectivity index (χ0v) is 8.40. The molecule has 2 N–H and O–H groups in total. The van der Waals surface area contributed by atoms with E-state index in [1.54, 1.807) is 12.3 Å². The molecule has 74 valence electrons. The first kappa shape index (κ1) is 10.7. The van der Waals surface area contributed by atoms with Gasteiger partial charge in [-0.2, -0.15) is 0 Å². The molecule has 14 heavy (non-hydrogen) atoms. The van der Waals surface area contributed by atoms with Gasteiger partial charge in [-0.1, -0.05) is 24.6 Å². The standard InChI is InChI=1S/C9H10ClN3O/c1-6(8(11)5-13-14)7-2-3-9(10)12-4-7/h2-6H,11H2,1H3/b8-5-. The van der Waals surface area contributed by atoms with E-state index in [2.05, 4.69) is 10.2 Å². The van der Waals surface area contributed by atoms with Crippen LogP contribution in [0.4, 0.5) is 0 Å². The largest absolute Gasteiger partial charge is 0.400 e. The van der Waals surface area contributed by atoms with E-state index < -0.39 is 0 Å². The number of rotatable bonds is 3. The minimum atomic E-state index is -0.0857. The number of hydrogen-bond acceptors (Lipinski definition) is 4. The minimum Gasteiger partial charge on any atom is -0.400 e. The molecule has 4 nitrogen and oxygen atoms in total. The Balaban J connectivity index is 2.89. The first-order valence-corrected chi connectivity index (χ1v) is 4.42. The molecule has 0 aliphatic rings. The molecule has 0 amide bonds. The topological polar surface area (TPSA) is 68.3 Å². The van der Waals surface area contributed by atoms with Crippen molar-refractivity contribution in [2.45, 2.75) is 12.8 Å². The van der Waals surface area contributed by atoms with Crippen molar-refractivity contribution < 1.29 is 0 Å². The van der Waals surface area contributed by atoms with Crippen molar-refractivity contribution in [3.63, 3.8) is 0 Å². The van der Waals surface area contributed by atoms with Gasteiger partial charge in [0.2, 0.25) is 0 Å². The highest BCUT2D eigenvalue weighted by molar-refractivity contribution is 6.29. The fourth-order valence-corrected chi connectivity index (χ4v) is 1.12. The van der Waals surface area contributed by atoms with Crippen LogP contribution in [-0.2, 0) is 0 Å². The molecule has 0 aromatic carbocycles. The van der Waals surface area contributed by atoms with E-state index in [1.807, 2.05) is 13.0 Å². The number of nitrogens with zero attached hydrogens (tertiary/aromatic N) is 2. The lowest BCUT2D eigenvalue weighted by molar-refractivity contribution is 0.864. The third-order valence-corrected chi connectivity index (χ3v) is 2.18. The van der Waals surface area contributed by atoms with Crippen molar-refractivity contribution in [3.8, 4) is 0 Å². The van der Waals surface area contributed by atoms with Gasteiger partial charge in [-0.05, 0) is 16.8 Å². The summed E-state index contributed by atoms with van der Waals surface area (Å²) in [6.45, 7) is 1.86. The van der Waals surface area contributed by atoms with Crippen LogP contribution in [-0.4, -0.2) is 4.98 Å². The van der Waals surface area contributed by atoms with Gasteiger partial charge in [-0.3, -0.25) is 0 Å². The van der Waals surface area contributed by atoms with E-state index in [0.717, 1.165) is 11.8 Å². The van der Waals surface area contributed by atoms with Crippen LogP contribution in [0.5, 0.6) is 0 Å². The summed E-state index contributed by atoms with van der Waals surface area (Å²) < 4.78 is 0. The molecule has 1 heterocycles. The number of nitroso groups, excluding NO2 is 1. The van der Waals surface area contributed by atoms with E-state index in [9.17, 15) is 4.91 Å². The zero-order chi connectivity index (χ0) is 10.6. The minimum absolute atomic E-state index is 0.0857. The smallest absolute Gasteiger partial charge is 0.129 e. The Labute approximate surface area is 86.8 Å². The molecule has 1 atom stereocenters. The number of halogens is 1. The average molecular weight is 212 g/mol. The highest BCUT2D eigenvalue weighted by Gasteiger charge is 2.08. The SMILES string of the molecule is CC(/C(N)=C/N=O)c1ccc(Cl)nc1. The Morgan fingerprint density at radius 2 is 2.43 bits per heavy atom. The maximum Gasteiger partial charge on any atom is 0.129 e. The van der Waals surface area contributed by atoms with Gasteiger partial charge in [0.05, 0.1) is 6.20 Å². The maximum atomic E-state index is 9.96. The molecular formula is C9H10ClN3O. The first-order valence-electron chi connectivity index (χ1n) is 4.04. The van der Waals surface area contributed by atoms with Gasteiger partial charge in [0.1, 0.15) is 5.15 Å². The molecule has 0 fully saturated rings. The van der Waals surface area contributed by atoms with Crippen LogP contribution in [0.15, 0.2) is 35.4 Å². The van der Waals surface area contributed by atoms with E-state index >= 15 is 0 Å². The van der Waals surface area contributed by atoms with Gasteiger partial charge >= 0.3 is 0 Å². The van der Waals surface area contributed by atoms with Crippen molar-refractivity contribution >= 4 is 11.6 Å². The van der Waals surface area contributed by atoms with Crippen LogP contribution in [0.1, 0.15) is 18.4 Å². The zero-order valence-electron chi connectivity index (χ0n) is 7.64. The molecule has 5 heteroatoms. The Morgan fingerprint density at radius 1 is 1.71 bits per heavy atom. The van der Waals surface area contributed by atoms with Crippen LogP contribution in [0.3, 0.4) is 0 Å². The van der Waals surface area contributed by atoms with E-state index in [-0.39, 0.29) is 5.92 Å². The fourth-order valence-electron chi connectivity index (χ4n) is 1.01. The third-order valence-electron chi connectivity index (χ3n) is 1.95. The summed E-state index contributed by atoms with van der Waals surface area (Å²) in [5, 5.41) is 3.04. The number of allylic oxidation sites excluding steroid dienone is 1. The highest BCUT2D eigenvalue weighted by atomic mass is 35.5. The maximum absolute atomic E-state index is 9.96. The van der Waals surface area contributed by atoms with Crippen molar-refractivity contribution in [1.29, 1.82) is 0 Å².